The minimum Gasteiger partial charge on any atom is -0.282 e. The molecule has 0 unspecified atom stereocenters. The zero-order chi connectivity index (χ0) is 15.5. The van der Waals surface area contributed by atoms with Gasteiger partial charge in [-0.1, -0.05) is 12.2 Å². The van der Waals surface area contributed by atoms with Crippen LogP contribution in [0.25, 0.3) is 0 Å². The normalized spacial score (nSPS) is 10.3. The Morgan fingerprint density at radius 2 is 1.80 bits per heavy atom. The molecule has 0 bridgehead atoms. The topological polar surface area (TPSA) is 103 Å². The molecule has 7 nitrogen and oxygen atoms in total. The number of alkyl halides is 1. The van der Waals surface area contributed by atoms with E-state index >= 15 is 0 Å². The highest BCUT2D eigenvalue weighted by Crippen LogP contribution is 2.25. The Labute approximate surface area is 120 Å². The molecule has 0 saturated carbocycles. The summed E-state index contributed by atoms with van der Waals surface area (Å²) < 4.78 is 0. The van der Waals surface area contributed by atoms with Gasteiger partial charge >= 0.3 is 5.69 Å². The fourth-order valence-corrected chi connectivity index (χ4v) is 1.28. The second-order valence-corrected chi connectivity index (χ2v) is 3.33. The maximum Gasteiger partial charge on any atom is 0.336 e. The molecule has 20 heavy (non-hydrogen) atoms. The molecule has 108 valence electrons. The molecule has 0 heterocycles. The van der Waals surface area contributed by atoms with Crippen LogP contribution in [0.1, 0.15) is 6.92 Å². The van der Waals surface area contributed by atoms with Crippen molar-refractivity contribution in [1.29, 1.82) is 0 Å². The molecule has 0 aromatic heterocycles. The number of rotatable bonds is 5. The molecule has 2 N–H and O–H groups in total. The van der Waals surface area contributed by atoms with Crippen LogP contribution in [-0.2, 0) is 0 Å². The molecule has 0 spiro atoms. The summed E-state index contributed by atoms with van der Waals surface area (Å²) in [6.45, 7) is 1.85. The van der Waals surface area contributed by atoms with E-state index in [4.69, 9.17) is 0 Å². The molecular weight excluding hydrogens is 286 g/mol. The predicted octanol–water partition coefficient (Wildman–Crippen LogP) is 2.64. The summed E-state index contributed by atoms with van der Waals surface area (Å²) in [4.78, 5) is 20.0. The Hall–Kier alpha value is -2.25. The number of quaternary nitrogens is 1. The third kappa shape index (κ3) is 5.59. The van der Waals surface area contributed by atoms with E-state index in [9.17, 15) is 20.2 Å². The number of nitrogens with zero attached hydrogens (tertiary/aromatic N) is 2. The molecule has 1 aromatic rings. The van der Waals surface area contributed by atoms with E-state index in [0.717, 1.165) is 6.07 Å². The lowest BCUT2D eigenvalue weighted by atomic mass is 10.2. The fourth-order valence-electron chi connectivity index (χ4n) is 1.28. The van der Waals surface area contributed by atoms with Crippen LogP contribution in [0.3, 0.4) is 0 Å². The van der Waals surface area contributed by atoms with Gasteiger partial charge in [-0.3, -0.25) is 25.5 Å². The minimum atomic E-state index is -0.660. The summed E-state index contributed by atoms with van der Waals surface area (Å²) in [7, 11) is 0. The smallest absolute Gasteiger partial charge is 0.282 e. The van der Waals surface area contributed by atoms with Crippen molar-refractivity contribution in [2.24, 2.45) is 0 Å². The second-order valence-electron chi connectivity index (χ2n) is 3.33. The van der Waals surface area contributed by atoms with Crippen molar-refractivity contribution in [2.45, 2.75) is 6.92 Å². The first kappa shape index (κ1) is 17.8. The number of allylic oxidation sites excluding steroid dienone is 3. The highest BCUT2D eigenvalue weighted by atomic mass is 35.5. The number of non-ortho nitro benzene ring substituents is 1. The molecular formula is C12H15ClN3O4+. The fraction of sp³-hybridized carbons (Fsp3) is 0.167. The maximum atomic E-state index is 10.8. The molecule has 1 rings (SSSR count). The van der Waals surface area contributed by atoms with Gasteiger partial charge in [0.25, 0.3) is 5.69 Å². The second kappa shape index (κ2) is 9.65. The number of nitro groups is 2. The third-order valence-electron chi connectivity index (χ3n) is 2.11. The van der Waals surface area contributed by atoms with Crippen LogP contribution in [-0.4, -0.2) is 16.2 Å². The van der Waals surface area contributed by atoms with E-state index in [0.29, 0.717) is 5.69 Å². The van der Waals surface area contributed by atoms with Crippen molar-refractivity contribution in [3.8, 4) is 0 Å². The molecule has 0 aliphatic heterocycles. The van der Waals surface area contributed by atoms with Gasteiger partial charge < -0.3 is 0 Å². The van der Waals surface area contributed by atoms with Gasteiger partial charge in [0.05, 0.1) is 16.0 Å². The van der Waals surface area contributed by atoms with Crippen LogP contribution in [0.15, 0.2) is 42.6 Å². The lowest BCUT2D eigenvalue weighted by Crippen LogP contribution is -2.71. The van der Waals surface area contributed by atoms with Crippen molar-refractivity contribution >= 4 is 28.7 Å². The van der Waals surface area contributed by atoms with Gasteiger partial charge in [0.2, 0.25) is 5.69 Å². The summed E-state index contributed by atoms with van der Waals surface area (Å²) >= 11 is 4.64. The number of nitrogens with two attached hydrogens (primary N) is 1. The standard InChI is InChI=1S/C11H11N3O4.CH3Cl/c1-2-3-4-7-12-10-6-5-9(13(15)16)8-11(10)14(17)18;1-2/h2-8,12H,1H3;1H3/p+1/b3-2-,7-4-;. The molecule has 0 atom stereocenters. The van der Waals surface area contributed by atoms with E-state index in [1.165, 1.54) is 23.8 Å². The van der Waals surface area contributed by atoms with Crippen LogP contribution in [0, 0.1) is 20.2 Å². The Morgan fingerprint density at radius 1 is 1.15 bits per heavy atom. The molecule has 0 aliphatic carbocycles. The average Bonchev–Trinajstić information content (AvgIpc) is 2.45. The molecule has 0 amide bonds. The van der Waals surface area contributed by atoms with E-state index in [2.05, 4.69) is 11.6 Å². The van der Waals surface area contributed by atoms with Gasteiger partial charge in [0, 0.05) is 18.5 Å². The lowest BCUT2D eigenvalue weighted by Gasteiger charge is -1.97. The van der Waals surface area contributed by atoms with Crippen molar-refractivity contribution in [3.63, 3.8) is 0 Å². The van der Waals surface area contributed by atoms with Crippen LogP contribution < -0.4 is 5.32 Å². The molecule has 0 saturated heterocycles. The summed E-state index contributed by atoms with van der Waals surface area (Å²) in [5, 5.41) is 22.9. The van der Waals surface area contributed by atoms with E-state index in [-0.39, 0.29) is 11.4 Å². The molecule has 8 heteroatoms. The minimum absolute atomic E-state index is 0.283. The first-order chi connectivity index (χ1) is 9.56. The summed E-state index contributed by atoms with van der Waals surface area (Å²) in [5.74, 6) is 0. The Morgan fingerprint density at radius 3 is 2.30 bits per heavy atom. The first-order valence-electron chi connectivity index (χ1n) is 5.49. The SMILES string of the molecule is C/C=C\C=C/[NH2+]c1ccc([N+](=O)[O-])cc1[N+](=O)[O-].CCl. The molecule has 0 fully saturated rings. The molecule has 1 aromatic carbocycles. The third-order valence-corrected chi connectivity index (χ3v) is 2.11. The Kier molecular flexibility index (Phi) is 8.56. The summed E-state index contributed by atoms with van der Waals surface area (Å²) in [6.07, 6.45) is 8.40. The van der Waals surface area contributed by atoms with Crippen LogP contribution >= 0.6 is 11.6 Å². The zero-order valence-corrected chi connectivity index (χ0v) is 11.8. The maximum absolute atomic E-state index is 10.8. The number of hydrogen-bond donors (Lipinski definition) is 1. The summed E-state index contributed by atoms with van der Waals surface area (Å²) in [5.41, 5.74) is -0.253. The van der Waals surface area contributed by atoms with E-state index < -0.39 is 9.85 Å². The quantitative estimate of drug-likeness (QED) is 0.297. The molecule has 0 radical (unpaired) electrons. The highest BCUT2D eigenvalue weighted by molar-refractivity contribution is 6.15. The van der Waals surface area contributed by atoms with Gasteiger partial charge in [-0.05, 0) is 13.0 Å². The van der Waals surface area contributed by atoms with Crippen LogP contribution in [0.5, 0.6) is 0 Å². The number of nitro benzene ring substituents is 2. The van der Waals surface area contributed by atoms with Crippen LogP contribution in [0.4, 0.5) is 17.1 Å². The van der Waals surface area contributed by atoms with E-state index in [1.807, 2.05) is 13.0 Å². The molecule has 0 aliphatic rings. The number of halogens is 1. The zero-order valence-electron chi connectivity index (χ0n) is 11.0. The lowest BCUT2D eigenvalue weighted by molar-refractivity contribution is -0.507. The Balaban J connectivity index is 0.00000172. The summed E-state index contributed by atoms with van der Waals surface area (Å²) in [6, 6.07) is 3.55. The van der Waals surface area contributed by atoms with Crippen LogP contribution in [0.2, 0.25) is 0 Å². The van der Waals surface area contributed by atoms with E-state index in [1.54, 1.807) is 18.4 Å². The van der Waals surface area contributed by atoms with Gasteiger partial charge in [-0.25, -0.2) is 0 Å². The van der Waals surface area contributed by atoms with Gasteiger partial charge in [0.15, 0.2) is 0 Å². The van der Waals surface area contributed by atoms with Crippen molar-refractivity contribution in [2.75, 3.05) is 6.38 Å². The Bertz CT molecular complexity index is 529. The largest absolute Gasteiger partial charge is 0.336 e. The van der Waals surface area contributed by atoms with Gasteiger partial charge in [0.1, 0.15) is 6.07 Å². The average molecular weight is 301 g/mol. The predicted molar refractivity (Wildman–Crippen MR) is 77.1 cm³/mol. The number of hydrogen-bond acceptors (Lipinski definition) is 4. The number of benzene rings is 1. The van der Waals surface area contributed by atoms with Crippen molar-refractivity contribution in [3.05, 3.63) is 62.9 Å². The monoisotopic (exact) mass is 300 g/mol. The van der Waals surface area contributed by atoms with Gasteiger partial charge in [-0.2, -0.15) is 0 Å². The van der Waals surface area contributed by atoms with Crippen molar-refractivity contribution < 1.29 is 15.2 Å². The first-order valence-corrected chi connectivity index (χ1v) is 6.25. The highest BCUT2D eigenvalue weighted by Gasteiger charge is 2.21. The van der Waals surface area contributed by atoms with Gasteiger partial charge in [-0.15, -0.1) is 11.6 Å². The van der Waals surface area contributed by atoms with Crippen molar-refractivity contribution in [1.82, 2.24) is 0 Å².